The number of benzene rings is 4. The van der Waals surface area contributed by atoms with E-state index in [9.17, 15) is 35.5 Å². The maximum absolute atomic E-state index is 13.7. The Morgan fingerprint density at radius 3 is 1.52 bits per heavy atom. The standard InChI is InChI=1S/C39H37N7O10S2/c47-38-32-11-5-7-13-34(32)40-36(27-15-19-30(20-16-27)55-57(49,50)51)45(38)24-10-4-2-1-3-9-23-44-25-29(42-43-44)26-46-37(41-35-14-8-6-12-33(35)39(46)48)28-17-21-31(22-18-28)56-58(52,53)54/h5-8,11-22,25H,1-4,9-10,23-24,26H2,(H,49,50,51)(H,52,53,54)/p-2. The molecule has 19 heteroatoms. The van der Waals surface area contributed by atoms with Crippen molar-refractivity contribution in [3.8, 4) is 34.3 Å². The highest BCUT2D eigenvalue weighted by Gasteiger charge is 2.16. The molecule has 0 aliphatic heterocycles. The van der Waals surface area contributed by atoms with E-state index >= 15 is 0 Å². The molecule has 0 atom stereocenters. The smallest absolute Gasteiger partial charge is 0.262 e. The highest BCUT2D eigenvalue weighted by Crippen LogP contribution is 2.25. The van der Waals surface area contributed by atoms with Crippen molar-refractivity contribution in [3.63, 3.8) is 0 Å². The van der Waals surface area contributed by atoms with Gasteiger partial charge in [0, 0.05) is 24.2 Å². The fourth-order valence-corrected chi connectivity index (χ4v) is 7.31. The molecule has 0 saturated heterocycles. The van der Waals surface area contributed by atoms with Crippen LogP contribution in [-0.4, -0.2) is 60.0 Å². The van der Waals surface area contributed by atoms with Crippen LogP contribution < -0.4 is 19.5 Å². The van der Waals surface area contributed by atoms with Crippen molar-refractivity contribution in [1.29, 1.82) is 0 Å². The van der Waals surface area contributed by atoms with Crippen LogP contribution in [0.25, 0.3) is 44.6 Å². The average Bonchev–Trinajstić information content (AvgIpc) is 3.64. The quantitative estimate of drug-likeness (QED) is 0.0682. The van der Waals surface area contributed by atoms with Gasteiger partial charge in [-0.05, 0) is 85.6 Å². The number of para-hydroxylation sites is 2. The summed E-state index contributed by atoms with van der Waals surface area (Å²) in [4.78, 5) is 36.6. The summed E-state index contributed by atoms with van der Waals surface area (Å²) in [5, 5.41) is 9.45. The number of hydrogen-bond acceptors (Lipinski definition) is 14. The van der Waals surface area contributed by atoms with Gasteiger partial charge in [0.25, 0.3) is 31.9 Å². The molecule has 3 aromatic heterocycles. The topological polar surface area (TPSA) is 233 Å². The first kappa shape index (κ1) is 39.9. The minimum atomic E-state index is -4.95. The van der Waals surface area contributed by atoms with Gasteiger partial charge in [0.15, 0.2) is 0 Å². The summed E-state index contributed by atoms with van der Waals surface area (Å²) < 4.78 is 79.7. The number of unbranched alkanes of at least 4 members (excludes halogenated alkanes) is 5. The summed E-state index contributed by atoms with van der Waals surface area (Å²) in [6, 6.07) is 25.4. The molecule has 4 aromatic carbocycles. The van der Waals surface area contributed by atoms with Crippen molar-refractivity contribution >= 4 is 42.6 Å². The van der Waals surface area contributed by atoms with Crippen molar-refractivity contribution < 1.29 is 34.3 Å². The Balaban J connectivity index is 0.942. The van der Waals surface area contributed by atoms with E-state index in [1.165, 1.54) is 41.0 Å². The molecule has 0 aliphatic carbocycles. The fourth-order valence-electron chi connectivity index (χ4n) is 6.62. The van der Waals surface area contributed by atoms with Crippen LogP contribution in [0.15, 0.2) is 113 Å². The Bertz CT molecular complexity index is 2930. The SMILES string of the molecule is O=c1c2ccccc2nc(-c2ccc(OS(=O)(=O)[O-])cc2)n1CCCCCCCCn1cc(Cn2c(-c3ccc(OS(=O)(=O)[O-])cc3)nc3ccccc3c2=O)nn1. The van der Waals surface area contributed by atoms with E-state index in [0.29, 0.717) is 63.4 Å². The highest BCUT2D eigenvalue weighted by molar-refractivity contribution is 7.81. The molecule has 7 aromatic rings. The lowest BCUT2D eigenvalue weighted by atomic mass is 10.1. The lowest BCUT2D eigenvalue weighted by molar-refractivity contribution is 0.370. The van der Waals surface area contributed by atoms with Crippen molar-refractivity contribution in [2.75, 3.05) is 0 Å². The van der Waals surface area contributed by atoms with E-state index in [-0.39, 0.29) is 29.2 Å². The average molecular weight is 826 g/mol. The second-order valence-electron chi connectivity index (χ2n) is 13.4. The largest absolute Gasteiger partial charge is 0.716 e. The van der Waals surface area contributed by atoms with E-state index in [1.54, 1.807) is 76.1 Å². The second-order valence-corrected chi connectivity index (χ2v) is 15.3. The normalized spacial score (nSPS) is 12.0. The van der Waals surface area contributed by atoms with Crippen molar-refractivity contribution in [3.05, 3.63) is 130 Å². The molecule has 7 rings (SSSR count). The van der Waals surface area contributed by atoms with Crippen LogP contribution in [0.1, 0.15) is 44.2 Å². The zero-order valence-electron chi connectivity index (χ0n) is 30.7. The van der Waals surface area contributed by atoms with Gasteiger partial charge in [-0.25, -0.2) is 26.8 Å². The minimum Gasteiger partial charge on any atom is -0.716 e. The molecule has 58 heavy (non-hydrogen) atoms. The Kier molecular flexibility index (Phi) is 11.7. The summed E-state index contributed by atoms with van der Waals surface area (Å²) in [7, 11) is -9.88. The maximum Gasteiger partial charge on any atom is 0.262 e. The first-order chi connectivity index (χ1) is 27.8. The van der Waals surface area contributed by atoms with Crippen LogP contribution in [0.3, 0.4) is 0 Å². The molecule has 300 valence electrons. The lowest BCUT2D eigenvalue weighted by Crippen LogP contribution is -2.24. The number of aromatic nitrogens is 7. The van der Waals surface area contributed by atoms with Gasteiger partial charge in [0.05, 0.1) is 34.5 Å². The molecule has 0 unspecified atom stereocenters. The number of aryl methyl sites for hydroxylation is 1. The van der Waals surface area contributed by atoms with Gasteiger partial charge in [-0.3, -0.25) is 23.4 Å². The van der Waals surface area contributed by atoms with Gasteiger partial charge in [0.1, 0.15) is 28.8 Å². The van der Waals surface area contributed by atoms with Gasteiger partial charge in [-0.2, -0.15) is 0 Å². The number of hydrogen-bond donors (Lipinski definition) is 0. The third-order valence-corrected chi connectivity index (χ3v) is 10.1. The van der Waals surface area contributed by atoms with E-state index in [2.05, 4.69) is 18.7 Å². The summed E-state index contributed by atoms with van der Waals surface area (Å²) in [5.41, 5.74) is 2.12. The van der Waals surface area contributed by atoms with Crippen LogP contribution in [0.2, 0.25) is 0 Å². The molecule has 0 aliphatic rings. The van der Waals surface area contributed by atoms with E-state index in [0.717, 1.165) is 38.5 Å². The summed E-state index contributed by atoms with van der Waals surface area (Å²) in [6.07, 6.45) is 7.02. The molecule has 0 spiro atoms. The fraction of sp³-hybridized carbons (Fsp3) is 0.231. The van der Waals surface area contributed by atoms with Crippen LogP contribution >= 0.6 is 0 Å². The molecule has 0 fully saturated rings. The van der Waals surface area contributed by atoms with Crippen LogP contribution in [0.4, 0.5) is 0 Å². The van der Waals surface area contributed by atoms with Crippen LogP contribution in [0.5, 0.6) is 11.5 Å². The number of rotatable bonds is 17. The van der Waals surface area contributed by atoms with Crippen molar-refractivity contribution in [1.82, 2.24) is 34.1 Å². The predicted octanol–water partition coefficient (Wildman–Crippen LogP) is 4.80. The van der Waals surface area contributed by atoms with E-state index < -0.39 is 20.8 Å². The van der Waals surface area contributed by atoms with Gasteiger partial charge in [-0.1, -0.05) is 55.2 Å². The summed E-state index contributed by atoms with van der Waals surface area (Å²) >= 11 is 0. The molecule has 0 saturated carbocycles. The van der Waals surface area contributed by atoms with Gasteiger partial charge in [-0.15, -0.1) is 5.10 Å². The first-order valence-corrected chi connectivity index (χ1v) is 20.9. The first-order valence-electron chi connectivity index (χ1n) is 18.2. The minimum absolute atomic E-state index is 0.0716. The summed E-state index contributed by atoms with van der Waals surface area (Å²) in [5.74, 6) is 0.429. The van der Waals surface area contributed by atoms with Crippen molar-refractivity contribution in [2.24, 2.45) is 0 Å². The van der Waals surface area contributed by atoms with Crippen molar-refractivity contribution in [2.45, 2.75) is 58.2 Å². The van der Waals surface area contributed by atoms with Gasteiger partial charge in [0.2, 0.25) is 0 Å². The molecule has 0 amide bonds. The lowest BCUT2D eigenvalue weighted by Gasteiger charge is -2.14. The third-order valence-electron chi connectivity index (χ3n) is 9.27. The molecule has 17 nitrogen and oxygen atoms in total. The monoisotopic (exact) mass is 825 g/mol. The van der Waals surface area contributed by atoms with Gasteiger partial charge >= 0.3 is 0 Å². The van der Waals surface area contributed by atoms with E-state index in [1.807, 2.05) is 0 Å². The number of fused-ring (bicyclic) bond motifs is 2. The Hall–Kier alpha value is -6.28. The predicted molar refractivity (Wildman–Crippen MR) is 210 cm³/mol. The molecule has 0 bridgehead atoms. The van der Waals surface area contributed by atoms with E-state index in [4.69, 9.17) is 9.97 Å². The summed E-state index contributed by atoms with van der Waals surface area (Å²) in [6.45, 7) is 1.10. The Morgan fingerprint density at radius 1 is 0.552 bits per heavy atom. The highest BCUT2D eigenvalue weighted by atomic mass is 32.3. The van der Waals surface area contributed by atoms with Crippen LogP contribution in [-0.2, 0) is 40.4 Å². The maximum atomic E-state index is 13.7. The Morgan fingerprint density at radius 2 is 1.00 bits per heavy atom. The number of nitrogens with zero attached hydrogens (tertiary/aromatic N) is 7. The second kappa shape index (κ2) is 17.1. The third kappa shape index (κ3) is 9.80. The molecule has 3 heterocycles. The molecule has 0 N–H and O–H groups in total. The zero-order valence-corrected chi connectivity index (χ0v) is 32.3. The Labute approximate surface area is 332 Å². The molecular weight excluding hydrogens is 791 g/mol. The van der Waals surface area contributed by atoms with Gasteiger partial charge < -0.3 is 17.5 Å². The zero-order chi connectivity index (χ0) is 40.9. The molecular formula is C39H35N7O10S2-2. The molecule has 0 radical (unpaired) electrons. The van der Waals surface area contributed by atoms with Crippen LogP contribution in [0, 0.1) is 0 Å².